The van der Waals surface area contributed by atoms with Crippen LogP contribution in [0.1, 0.15) is 17.0 Å². The highest BCUT2D eigenvalue weighted by molar-refractivity contribution is 9.10. The van der Waals surface area contributed by atoms with Crippen LogP contribution in [0.4, 0.5) is 5.69 Å². The summed E-state index contributed by atoms with van der Waals surface area (Å²) in [5.74, 6) is 0.219. The number of nitrogens with one attached hydrogen (secondary N) is 1. The van der Waals surface area contributed by atoms with Gasteiger partial charge in [0.15, 0.2) is 0 Å². The number of aromatic hydroxyl groups is 1. The van der Waals surface area contributed by atoms with Crippen LogP contribution in [0.5, 0.6) is 5.75 Å². The summed E-state index contributed by atoms with van der Waals surface area (Å²) in [6.07, 6.45) is 0. The van der Waals surface area contributed by atoms with Crippen molar-refractivity contribution in [2.45, 2.75) is 20.4 Å². The van der Waals surface area contributed by atoms with Crippen molar-refractivity contribution in [2.75, 3.05) is 5.32 Å². The third kappa shape index (κ3) is 3.01. The van der Waals surface area contributed by atoms with Gasteiger partial charge in [-0.3, -0.25) is 4.98 Å². The lowest BCUT2D eigenvalue weighted by Crippen LogP contribution is -2.03. The summed E-state index contributed by atoms with van der Waals surface area (Å²) in [5.41, 5.74) is 3.73. The number of hydrogen-bond donors (Lipinski definition) is 2. The van der Waals surface area contributed by atoms with E-state index in [-0.39, 0.29) is 5.75 Å². The second-order valence-corrected chi connectivity index (χ2v) is 5.11. The van der Waals surface area contributed by atoms with Crippen molar-refractivity contribution < 1.29 is 5.11 Å². The summed E-state index contributed by atoms with van der Waals surface area (Å²) >= 11 is 3.49. The summed E-state index contributed by atoms with van der Waals surface area (Å²) in [4.78, 5) is 4.31. The first-order chi connectivity index (χ1) is 8.56. The Labute approximate surface area is 115 Å². The van der Waals surface area contributed by atoms with Gasteiger partial charge in [0, 0.05) is 15.9 Å². The first-order valence-electron chi connectivity index (χ1n) is 5.72. The lowest BCUT2D eigenvalue weighted by molar-refractivity contribution is 0.464. The Hall–Kier alpha value is -1.55. The van der Waals surface area contributed by atoms with Gasteiger partial charge >= 0.3 is 0 Å². The van der Waals surface area contributed by atoms with E-state index < -0.39 is 0 Å². The summed E-state index contributed by atoms with van der Waals surface area (Å²) in [6.45, 7) is 4.45. The zero-order valence-electron chi connectivity index (χ0n) is 10.4. The van der Waals surface area contributed by atoms with Crippen LogP contribution in [-0.4, -0.2) is 10.1 Å². The van der Waals surface area contributed by atoms with E-state index in [1.807, 2.05) is 26.0 Å². The molecule has 0 amide bonds. The average molecular weight is 307 g/mol. The fourth-order valence-corrected chi connectivity index (χ4v) is 2.07. The highest BCUT2D eigenvalue weighted by atomic mass is 79.9. The Morgan fingerprint density at radius 2 is 2.00 bits per heavy atom. The van der Waals surface area contributed by atoms with Crippen LogP contribution in [-0.2, 0) is 6.54 Å². The van der Waals surface area contributed by atoms with Gasteiger partial charge in [0.25, 0.3) is 0 Å². The van der Waals surface area contributed by atoms with Gasteiger partial charge < -0.3 is 10.4 Å². The molecule has 3 nitrogen and oxygen atoms in total. The first-order valence-corrected chi connectivity index (χ1v) is 6.51. The van der Waals surface area contributed by atoms with Crippen LogP contribution >= 0.6 is 15.9 Å². The van der Waals surface area contributed by atoms with Crippen LogP contribution in [0, 0.1) is 13.8 Å². The van der Waals surface area contributed by atoms with Crippen molar-refractivity contribution in [2.24, 2.45) is 0 Å². The molecule has 1 aromatic heterocycles. The maximum absolute atomic E-state index is 9.72. The Morgan fingerprint density at radius 3 is 2.78 bits per heavy atom. The third-order valence-corrected chi connectivity index (χ3v) is 3.35. The number of nitrogens with zero attached hydrogens (tertiary/aromatic N) is 1. The molecule has 1 aromatic carbocycles. The van der Waals surface area contributed by atoms with E-state index in [4.69, 9.17) is 0 Å². The van der Waals surface area contributed by atoms with Crippen molar-refractivity contribution >= 4 is 21.6 Å². The molecule has 0 saturated carbocycles. The summed E-state index contributed by atoms with van der Waals surface area (Å²) in [5, 5.41) is 13.0. The molecule has 0 unspecified atom stereocenters. The minimum Gasteiger partial charge on any atom is -0.506 e. The molecule has 2 aromatic rings. The molecule has 0 bridgehead atoms. The lowest BCUT2D eigenvalue weighted by Gasteiger charge is -2.10. The van der Waals surface area contributed by atoms with Crippen molar-refractivity contribution in [3.8, 4) is 5.75 Å². The highest BCUT2D eigenvalue weighted by Crippen LogP contribution is 2.24. The zero-order valence-corrected chi connectivity index (χ0v) is 12.0. The molecule has 0 radical (unpaired) electrons. The van der Waals surface area contributed by atoms with Gasteiger partial charge in [0.2, 0.25) is 0 Å². The lowest BCUT2D eigenvalue weighted by atomic mass is 10.2. The summed E-state index contributed by atoms with van der Waals surface area (Å²) < 4.78 is 1.00. The minimum absolute atomic E-state index is 0.219. The van der Waals surface area contributed by atoms with Crippen molar-refractivity contribution in [1.29, 1.82) is 0 Å². The Bertz CT molecular complexity index is 518. The van der Waals surface area contributed by atoms with Gasteiger partial charge in [0.05, 0.1) is 6.54 Å². The molecule has 0 spiro atoms. The van der Waals surface area contributed by atoms with E-state index >= 15 is 0 Å². The fraction of sp³-hybridized carbons (Fsp3) is 0.214. The number of aromatic nitrogens is 1. The molecule has 94 valence electrons. The average Bonchev–Trinajstić information content (AvgIpc) is 2.34. The molecule has 0 atom stereocenters. The van der Waals surface area contributed by atoms with Gasteiger partial charge in [-0.1, -0.05) is 6.07 Å². The van der Waals surface area contributed by atoms with E-state index in [9.17, 15) is 5.11 Å². The smallest absolute Gasteiger partial charge is 0.138 e. The quantitative estimate of drug-likeness (QED) is 0.907. The molecule has 1 heterocycles. The van der Waals surface area contributed by atoms with Crippen LogP contribution in [0.25, 0.3) is 0 Å². The van der Waals surface area contributed by atoms with Crippen LogP contribution in [0.15, 0.2) is 34.8 Å². The van der Waals surface area contributed by atoms with Gasteiger partial charge in [-0.15, -0.1) is 0 Å². The molecule has 0 aliphatic carbocycles. The van der Waals surface area contributed by atoms with Crippen LogP contribution in [0.2, 0.25) is 0 Å². The first kappa shape index (κ1) is 12.9. The van der Waals surface area contributed by atoms with Crippen molar-refractivity contribution in [3.05, 3.63) is 51.8 Å². The zero-order chi connectivity index (χ0) is 13.1. The monoisotopic (exact) mass is 306 g/mol. The summed E-state index contributed by atoms with van der Waals surface area (Å²) in [7, 11) is 0. The molecular formula is C14H15BrN2O. The SMILES string of the molecule is Cc1ccc(Br)c(NCc2nc(C)ccc2O)c1. The number of halogens is 1. The number of aryl methyl sites for hydroxylation is 2. The second kappa shape index (κ2) is 5.40. The molecule has 4 heteroatoms. The number of benzene rings is 1. The van der Waals surface area contributed by atoms with Gasteiger partial charge in [-0.2, -0.15) is 0 Å². The molecule has 0 aliphatic rings. The largest absolute Gasteiger partial charge is 0.506 e. The number of anilines is 1. The Morgan fingerprint density at radius 1 is 1.22 bits per heavy atom. The van der Waals surface area contributed by atoms with E-state index in [2.05, 4.69) is 32.3 Å². The predicted octanol–water partition coefficient (Wildman–Crippen LogP) is 3.78. The van der Waals surface area contributed by atoms with Gasteiger partial charge in [-0.25, -0.2) is 0 Å². The number of hydrogen-bond acceptors (Lipinski definition) is 3. The molecule has 0 aliphatic heterocycles. The fourth-order valence-electron chi connectivity index (χ4n) is 1.69. The van der Waals surface area contributed by atoms with Crippen LogP contribution in [0.3, 0.4) is 0 Å². The second-order valence-electron chi connectivity index (χ2n) is 4.26. The molecule has 2 N–H and O–H groups in total. The Kier molecular flexibility index (Phi) is 3.87. The van der Waals surface area contributed by atoms with Crippen molar-refractivity contribution in [3.63, 3.8) is 0 Å². The predicted molar refractivity (Wildman–Crippen MR) is 76.8 cm³/mol. The molecular weight excluding hydrogens is 292 g/mol. The minimum atomic E-state index is 0.219. The standard InChI is InChI=1S/C14H15BrN2O/c1-9-3-5-11(15)12(7-9)16-8-13-14(18)6-4-10(2)17-13/h3-7,16,18H,8H2,1-2H3. The molecule has 0 saturated heterocycles. The van der Waals surface area contributed by atoms with E-state index in [0.29, 0.717) is 12.2 Å². The molecule has 0 fully saturated rings. The van der Waals surface area contributed by atoms with Crippen molar-refractivity contribution in [1.82, 2.24) is 4.98 Å². The summed E-state index contributed by atoms with van der Waals surface area (Å²) in [6, 6.07) is 9.56. The highest BCUT2D eigenvalue weighted by Gasteiger charge is 2.05. The topological polar surface area (TPSA) is 45.2 Å². The molecule has 2 rings (SSSR count). The van der Waals surface area contributed by atoms with E-state index in [1.165, 1.54) is 5.56 Å². The van der Waals surface area contributed by atoms with Crippen LogP contribution < -0.4 is 5.32 Å². The van der Waals surface area contributed by atoms with Gasteiger partial charge in [0.1, 0.15) is 11.4 Å². The maximum atomic E-state index is 9.72. The van der Waals surface area contributed by atoms with Gasteiger partial charge in [-0.05, 0) is 59.6 Å². The number of pyridine rings is 1. The third-order valence-electron chi connectivity index (χ3n) is 2.66. The normalized spacial score (nSPS) is 10.4. The van der Waals surface area contributed by atoms with E-state index in [0.717, 1.165) is 15.9 Å². The number of rotatable bonds is 3. The molecule has 18 heavy (non-hydrogen) atoms. The van der Waals surface area contributed by atoms with E-state index in [1.54, 1.807) is 12.1 Å². The maximum Gasteiger partial charge on any atom is 0.138 e. The Balaban J connectivity index is 2.16.